The van der Waals surface area contributed by atoms with E-state index in [9.17, 15) is 9.90 Å². The first-order valence-corrected chi connectivity index (χ1v) is 14.1. The fraction of sp³-hybridized carbons (Fsp3) is 0.312. The van der Waals surface area contributed by atoms with E-state index in [1.165, 1.54) is 0 Å². The summed E-state index contributed by atoms with van der Waals surface area (Å²) in [6.07, 6.45) is 1.28. The molecule has 0 saturated carbocycles. The number of rotatable bonds is 12. The lowest BCUT2D eigenvalue weighted by Crippen LogP contribution is -2.09. The fourth-order valence-electron chi connectivity index (χ4n) is 5.26. The Morgan fingerprint density at radius 1 is 1.05 bits per heavy atom. The number of ether oxygens (including phenoxy) is 3. The molecule has 2 heterocycles. The number of hydrogen-bond acceptors (Lipinski definition) is 6. The van der Waals surface area contributed by atoms with E-state index in [0.29, 0.717) is 35.9 Å². The van der Waals surface area contributed by atoms with Crippen LogP contribution in [0.15, 0.2) is 54.6 Å². The predicted octanol–water partition coefficient (Wildman–Crippen LogP) is 6.38. The smallest absolute Gasteiger partial charge is 0.355 e. The number of esters is 1. The maximum atomic E-state index is 13.1. The molecule has 8 nitrogen and oxygen atoms in total. The van der Waals surface area contributed by atoms with Crippen LogP contribution >= 0.6 is 11.6 Å². The van der Waals surface area contributed by atoms with Gasteiger partial charge in [-0.2, -0.15) is 5.10 Å². The Morgan fingerprint density at radius 3 is 2.66 bits per heavy atom. The van der Waals surface area contributed by atoms with Gasteiger partial charge in [-0.1, -0.05) is 54.1 Å². The number of fused-ring (bicyclic) bond motifs is 2. The summed E-state index contributed by atoms with van der Waals surface area (Å²) in [7, 11) is 1.86. The highest BCUT2D eigenvalue weighted by atomic mass is 35.5. The molecule has 0 amide bonds. The number of aliphatic hydroxyl groups is 1. The minimum absolute atomic E-state index is 0.0788. The molecule has 0 fully saturated rings. The van der Waals surface area contributed by atoms with Gasteiger partial charge in [0, 0.05) is 34.6 Å². The summed E-state index contributed by atoms with van der Waals surface area (Å²) in [5.41, 5.74) is 5.20. The highest BCUT2D eigenvalue weighted by Crippen LogP contribution is 2.41. The number of H-pyrrole nitrogens is 1. The van der Waals surface area contributed by atoms with Gasteiger partial charge in [0.1, 0.15) is 11.4 Å². The van der Waals surface area contributed by atoms with E-state index in [-0.39, 0.29) is 26.4 Å². The number of carbonyl (C=O) groups excluding carboxylic acids is 1. The van der Waals surface area contributed by atoms with Crippen LogP contribution in [0.1, 0.15) is 40.8 Å². The monoisotopic (exact) mass is 575 g/mol. The molecule has 0 saturated heterocycles. The zero-order valence-electron chi connectivity index (χ0n) is 23.5. The van der Waals surface area contributed by atoms with Crippen LogP contribution in [-0.4, -0.2) is 52.3 Å². The summed E-state index contributed by atoms with van der Waals surface area (Å²) < 4.78 is 19.0. The van der Waals surface area contributed by atoms with E-state index >= 15 is 0 Å². The molecule has 0 bridgehead atoms. The summed E-state index contributed by atoms with van der Waals surface area (Å²) in [4.78, 5) is 16.5. The van der Waals surface area contributed by atoms with Gasteiger partial charge in [0.25, 0.3) is 0 Å². The number of carbonyl (C=O) groups is 1. The largest absolute Gasteiger partial charge is 0.493 e. The van der Waals surface area contributed by atoms with E-state index in [1.807, 2.05) is 50.4 Å². The van der Waals surface area contributed by atoms with E-state index in [4.69, 9.17) is 25.8 Å². The van der Waals surface area contributed by atoms with E-state index in [0.717, 1.165) is 49.8 Å². The molecule has 5 aromatic rings. The molecule has 2 N–H and O–H groups in total. The normalized spacial score (nSPS) is 11.4. The van der Waals surface area contributed by atoms with Crippen LogP contribution in [0.5, 0.6) is 5.75 Å². The fourth-order valence-corrected chi connectivity index (χ4v) is 5.52. The average molecular weight is 576 g/mol. The number of halogens is 1. The third-order valence-corrected chi connectivity index (χ3v) is 7.54. The first-order valence-electron chi connectivity index (χ1n) is 13.8. The van der Waals surface area contributed by atoms with Gasteiger partial charge >= 0.3 is 5.97 Å². The number of nitrogens with one attached hydrogen (secondary N) is 1. The van der Waals surface area contributed by atoms with Gasteiger partial charge in [0.2, 0.25) is 0 Å². The van der Waals surface area contributed by atoms with Crippen LogP contribution in [0, 0.1) is 6.92 Å². The lowest BCUT2D eigenvalue weighted by atomic mass is 9.98. The highest BCUT2D eigenvalue weighted by Gasteiger charge is 2.25. The molecule has 0 spiro atoms. The van der Waals surface area contributed by atoms with Crippen LogP contribution in [0.3, 0.4) is 0 Å². The maximum Gasteiger partial charge on any atom is 0.355 e. The van der Waals surface area contributed by atoms with Crippen molar-refractivity contribution in [3.8, 4) is 16.9 Å². The van der Waals surface area contributed by atoms with Crippen molar-refractivity contribution in [2.24, 2.45) is 7.05 Å². The zero-order valence-corrected chi connectivity index (χ0v) is 24.3. The number of aryl methyl sites for hydroxylation is 2. The van der Waals surface area contributed by atoms with Crippen LogP contribution in [-0.2, 0) is 29.5 Å². The topological polar surface area (TPSA) is 98.6 Å². The second-order valence-corrected chi connectivity index (χ2v) is 10.2. The molecule has 0 aliphatic carbocycles. The van der Waals surface area contributed by atoms with E-state index < -0.39 is 5.97 Å². The van der Waals surface area contributed by atoms with Gasteiger partial charge in [-0.05, 0) is 49.8 Å². The van der Waals surface area contributed by atoms with E-state index in [1.54, 1.807) is 11.6 Å². The number of aromatic amines is 1. The van der Waals surface area contributed by atoms with Crippen molar-refractivity contribution in [2.75, 3.05) is 26.4 Å². The van der Waals surface area contributed by atoms with Crippen LogP contribution in [0.2, 0.25) is 5.02 Å². The Morgan fingerprint density at radius 2 is 1.85 bits per heavy atom. The lowest BCUT2D eigenvalue weighted by Gasteiger charge is -2.11. The molecule has 214 valence electrons. The molecule has 0 aliphatic heterocycles. The molecular weight excluding hydrogens is 542 g/mol. The van der Waals surface area contributed by atoms with E-state index in [2.05, 4.69) is 28.3 Å². The number of benzene rings is 3. The summed E-state index contributed by atoms with van der Waals surface area (Å²) in [6, 6.07) is 18.0. The molecule has 3 aromatic carbocycles. The standard InChI is InChI=1S/C32H34ClN3O5/c1-4-40-32(38)31-23(12-8-17-41-27-13-7-10-21-9-5-6-11-22(21)27)24-14-15-25(33)29(30(24)34-31)28-20(2)36(3)35-26(28)19-39-18-16-37/h5-7,9-11,13-15,34,37H,4,8,12,16-19H2,1-3H3. The summed E-state index contributed by atoms with van der Waals surface area (Å²) in [5.74, 6) is 0.426. The SMILES string of the molecule is CCOC(=O)c1[nH]c2c(-c3c(COCCO)nn(C)c3C)c(Cl)ccc2c1CCCOc1cccc2ccccc12. The van der Waals surface area contributed by atoms with Gasteiger partial charge in [-0.15, -0.1) is 0 Å². The second-order valence-electron chi connectivity index (χ2n) is 9.78. The predicted molar refractivity (Wildman–Crippen MR) is 161 cm³/mol. The first-order chi connectivity index (χ1) is 19.9. The second kappa shape index (κ2) is 12.8. The third-order valence-electron chi connectivity index (χ3n) is 7.22. The Balaban J connectivity index is 1.50. The van der Waals surface area contributed by atoms with Crippen molar-refractivity contribution in [1.29, 1.82) is 0 Å². The van der Waals surface area contributed by atoms with Crippen molar-refractivity contribution in [3.05, 3.63) is 82.3 Å². The first kappa shape index (κ1) is 28.7. The number of aliphatic hydroxyl groups excluding tert-OH is 1. The molecular formula is C32H34ClN3O5. The summed E-state index contributed by atoms with van der Waals surface area (Å²) >= 11 is 6.82. The highest BCUT2D eigenvalue weighted by molar-refractivity contribution is 6.35. The van der Waals surface area contributed by atoms with Crippen LogP contribution in [0.4, 0.5) is 0 Å². The van der Waals surface area contributed by atoms with Crippen molar-refractivity contribution < 1.29 is 24.1 Å². The maximum absolute atomic E-state index is 13.1. The molecule has 0 unspecified atom stereocenters. The summed E-state index contributed by atoms with van der Waals surface area (Å²) in [6.45, 7) is 4.84. The molecule has 2 aromatic heterocycles. The molecule has 5 rings (SSSR count). The Labute approximate surface area is 243 Å². The molecule has 9 heteroatoms. The minimum Gasteiger partial charge on any atom is -0.493 e. The number of hydrogen-bond donors (Lipinski definition) is 2. The molecule has 0 aliphatic rings. The van der Waals surface area contributed by atoms with Crippen molar-refractivity contribution in [3.63, 3.8) is 0 Å². The molecule has 41 heavy (non-hydrogen) atoms. The lowest BCUT2D eigenvalue weighted by molar-refractivity contribution is 0.0519. The van der Waals surface area contributed by atoms with Crippen LogP contribution < -0.4 is 4.74 Å². The summed E-state index contributed by atoms with van der Waals surface area (Å²) in [5, 5.41) is 17.4. The van der Waals surface area contributed by atoms with Gasteiger partial charge in [0.05, 0.1) is 49.3 Å². The Hall–Kier alpha value is -3.85. The van der Waals surface area contributed by atoms with Gasteiger partial charge < -0.3 is 24.3 Å². The minimum atomic E-state index is -0.412. The molecule has 0 radical (unpaired) electrons. The Kier molecular flexibility index (Phi) is 8.93. The van der Waals surface area contributed by atoms with Gasteiger partial charge in [-0.3, -0.25) is 4.68 Å². The Bertz CT molecular complexity index is 1690. The van der Waals surface area contributed by atoms with Gasteiger partial charge in [-0.25, -0.2) is 4.79 Å². The molecule has 0 atom stereocenters. The van der Waals surface area contributed by atoms with Crippen molar-refractivity contribution in [2.45, 2.75) is 33.3 Å². The average Bonchev–Trinajstić information content (AvgIpc) is 3.48. The zero-order chi connectivity index (χ0) is 28.9. The van der Waals surface area contributed by atoms with Crippen molar-refractivity contribution in [1.82, 2.24) is 14.8 Å². The third kappa shape index (κ3) is 5.81. The quantitative estimate of drug-likeness (QED) is 0.132. The number of nitrogens with zero attached hydrogens (tertiary/aromatic N) is 2. The van der Waals surface area contributed by atoms with Crippen molar-refractivity contribution >= 4 is 39.2 Å². The van der Waals surface area contributed by atoms with Crippen LogP contribution in [0.25, 0.3) is 32.8 Å². The van der Waals surface area contributed by atoms with Gasteiger partial charge in [0.15, 0.2) is 0 Å². The number of aromatic nitrogens is 3.